The second-order valence-corrected chi connectivity index (χ2v) is 8.16. The van der Waals surface area contributed by atoms with Gasteiger partial charge in [0.05, 0.1) is 13.0 Å². The van der Waals surface area contributed by atoms with E-state index in [2.05, 4.69) is 21.5 Å². The molecule has 0 heterocycles. The van der Waals surface area contributed by atoms with Crippen molar-refractivity contribution in [2.24, 2.45) is 5.92 Å². The van der Waals surface area contributed by atoms with Crippen LogP contribution in [0.2, 0.25) is 0 Å². The molecular weight excluding hydrogens is 456 g/mol. The van der Waals surface area contributed by atoms with Crippen LogP contribution >= 0.6 is 12.2 Å². The number of anilines is 1. The van der Waals surface area contributed by atoms with Crippen LogP contribution in [0.5, 0.6) is 0 Å². The van der Waals surface area contributed by atoms with Crippen molar-refractivity contribution in [1.29, 1.82) is 0 Å². The van der Waals surface area contributed by atoms with Gasteiger partial charge in [0.25, 0.3) is 5.91 Å². The van der Waals surface area contributed by atoms with Gasteiger partial charge < -0.3 is 15.4 Å². The molecule has 1 aliphatic carbocycles. The molecule has 0 aliphatic heterocycles. The SMILES string of the molecule is O=C(CCC(=O)OCCc1ccccc1)NC(=S)NNC(=O)c1ccc(NC(=O)C2CC2)cc1. The summed E-state index contributed by atoms with van der Waals surface area (Å²) in [6.45, 7) is 0.240. The maximum Gasteiger partial charge on any atom is 0.306 e. The fourth-order valence-corrected chi connectivity index (χ4v) is 3.08. The van der Waals surface area contributed by atoms with Gasteiger partial charge in [0.1, 0.15) is 0 Å². The second kappa shape index (κ2) is 12.4. The first-order chi connectivity index (χ1) is 16.4. The summed E-state index contributed by atoms with van der Waals surface area (Å²) in [4.78, 5) is 47.7. The summed E-state index contributed by atoms with van der Waals surface area (Å²) in [5.41, 5.74) is 6.82. The lowest BCUT2D eigenvalue weighted by molar-refractivity contribution is -0.144. The first-order valence-corrected chi connectivity index (χ1v) is 11.3. The Morgan fingerprint density at radius 3 is 2.29 bits per heavy atom. The maximum absolute atomic E-state index is 12.2. The number of benzene rings is 2. The quantitative estimate of drug-likeness (QED) is 0.245. The van der Waals surface area contributed by atoms with Crippen molar-refractivity contribution in [3.05, 3.63) is 65.7 Å². The van der Waals surface area contributed by atoms with Crippen LogP contribution in [0.25, 0.3) is 0 Å². The molecule has 1 aliphatic rings. The normalized spacial score (nSPS) is 12.2. The summed E-state index contributed by atoms with van der Waals surface area (Å²) in [5, 5.41) is 5.07. The highest BCUT2D eigenvalue weighted by molar-refractivity contribution is 7.80. The molecule has 3 rings (SSSR count). The number of carbonyl (C=O) groups excluding carboxylic acids is 4. The van der Waals surface area contributed by atoms with Crippen LogP contribution in [0.15, 0.2) is 54.6 Å². The lowest BCUT2D eigenvalue weighted by atomic mass is 10.2. The molecule has 2 aromatic rings. The third-order valence-corrected chi connectivity index (χ3v) is 5.16. The van der Waals surface area contributed by atoms with Crippen LogP contribution < -0.4 is 21.5 Å². The predicted octanol–water partition coefficient (Wildman–Crippen LogP) is 2.24. The minimum Gasteiger partial charge on any atom is -0.465 e. The Hall–Kier alpha value is -3.79. The molecule has 4 N–H and O–H groups in total. The van der Waals surface area contributed by atoms with Crippen molar-refractivity contribution in [2.75, 3.05) is 11.9 Å². The number of amides is 3. The van der Waals surface area contributed by atoms with Gasteiger partial charge in [-0.15, -0.1) is 0 Å². The van der Waals surface area contributed by atoms with Crippen LogP contribution in [-0.4, -0.2) is 35.4 Å². The van der Waals surface area contributed by atoms with Gasteiger partial charge in [-0.25, -0.2) is 0 Å². The number of thiocarbonyl (C=S) groups is 1. The first-order valence-electron chi connectivity index (χ1n) is 10.9. The molecule has 0 atom stereocenters. The largest absolute Gasteiger partial charge is 0.465 e. The van der Waals surface area contributed by atoms with E-state index in [1.54, 1.807) is 24.3 Å². The summed E-state index contributed by atoms with van der Waals surface area (Å²) in [6.07, 6.45) is 2.23. The van der Waals surface area contributed by atoms with Crippen LogP contribution in [0.4, 0.5) is 5.69 Å². The molecule has 178 valence electrons. The monoisotopic (exact) mass is 482 g/mol. The van der Waals surface area contributed by atoms with E-state index in [-0.39, 0.29) is 36.4 Å². The maximum atomic E-state index is 12.2. The van der Waals surface area contributed by atoms with Crippen molar-refractivity contribution in [1.82, 2.24) is 16.2 Å². The third kappa shape index (κ3) is 8.62. The molecule has 0 saturated heterocycles. The van der Waals surface area contributed by atoms with Gasteiger partial charge in [0, 0.05) is 30.0 Å². The summed E-state index contributed by atoms with van der Waals surface area (Å²) in [5.74, 6) is -1.36. The molecule has 0 bridgehead atoms. The molecule has 0 radical (unpaired) electrons. The summed E-state index contributed by atoms with van der Waals surface area (Å²) in [6, 6.07) is 16.0. The molecule has 1 saturated carbocycles. The van der Waals surface area contributed by atoms with Crippen LogP contribution in [0, 0.1) is 5.92 Å². The van der Waals surface area contributed by atoms with Crippen LogP contribution in [-0.2, 0) is 25.5 Å². The van der Waals surface area contributed by atoms with Crippen LogP contribution in [0.1, 0.15) is 41.6 Å². The van der Waals surface area contributed by atoms with Gasteiger partial charge in [-0.05, 0) is 54.9 Å². The number of nitrogens with one attached hydrogen (secondary N) is 4. The Balaban J connectivity index is 1.29. The molecule has 2 aromatic carbocycles. The van der Waals surface area contributed by atoms with Crippen molar-refractivity contribution in [2.45, 2.75) is 32.1 Å². The van der Waals surface area contributed by atoms with E-state index in [0.717, 1.165) is 18.4 Å². The van der Waals surface area contributed by atoms with E-state index >= 15 is 0 Å². The second-order valence-electron chi connectivity index (χ2n) is 7.75. The van der Waals surface area contributed by atoms with Gasteiger partial charge in [-0.3, -0.25) is 30.0 Å². The standard InChI is InChI=1S/C24H26N4O5S/c29-20(12-13-21(30)33-15-14-16-4-2-1-3-5-16)26-24(34)28-27-23(32)18-8-10-19(11-9-18)25-22(31)17-6-7-17/h1-5,8-11,17H,6-7,12-15H2,(H,25,31)(H,27,32)(H2,26,28,29,34). The zero-order chi connectivity index (χ0) is 24.3. The van der Waals surface area contributed by atoms with Gasteiger partial charge in [0.15, 0.2) is 5.11 Å². The van der Waals surface area contributed by atoms with Crippen LogP contribution in [0.3, 0.4) is 0 Å². The molecule has 0 aromatic heterocycles. The van der Waals surface area contributed by atoms with E-state index in [1.807, 2.05) is 30.3 Å². The topological polar surface area (TPSA) is 126 Å². The zero-order valence-corrected chi connectivity index (χ0v) is 19.3. The highest BCUT2D eigenvalue weighted by atomic mass is 32.1. The third-order valence-electron chi connectivity index (χ3n) is 4.96. The van der Waals surface area contributed by atoms with Gasteiger partial charge in [-0.2, -0.15) is 0 Å². The average molecular weight is 483 g/mol. The number of esters is 1. The summed E-state index contributed by atoms with van der Waals surface area (Å²) in [7, 11) is 0. The first kappa shape index (κ1) is 24.8. The Kier molecular flexibility index (Phi) is 9.10. The summed E-state index contributed by atoms with van der Waals surface area (Å²) < 4.78 is 5.13. The van der Waals surface area contributed by atoms with E-state index in [0.29, 0.717) is 17.7 Å². The molecule has 0 unspecified atom stereocenters. The number of hydrazine groups is 1. The van der Waals surface area contributed by atoms with E-state index in [4.69, 9.17) is 17.0 Å². The lowest BCUT2D eigenvalue weighted by Crippen LogP contribution is -2.48. The fourth-order valence-electron chi connectivity index (χ4n) is 2.92. The molecule has 34 heavy (non-hydrogen) atoms. The minimum absolute atomic E-state index is 0.0135. The molecule has 3 amide bonds. The smallest absolute Gasteiger partial charge is 0.306 e. The fraction of sp³-hybridized carbons (Fsp3) is 0.292. The van der Waals surface area contributed by atoms with Crippen molar-refractivity contribution in [3.63, 3.8) is 0 Å². The number of carbonyl (C=O) groups is 4. The van der Waals surface area contributed by atoms with Gasteiger partial charge >= 0.3 is 5.97 Å². The zero-order valence-electron chi connectivity index (χ0n) is 18.5. The van der Waals surface area contributed by atoms with E-state index < -0.39 is 17.8 Å². The Morgan fingerprint density at radius 1 is 0.912 bits per heavy atom. The Morgan fingerprint density at radius 2 is 1.62 bits per heavy atom. The van der Waals surface area contributed by atoms with Gasteiger partial charge in [0.2, 0.25) is 11.8 Å². The molecular formula is C24H26N4O5S. The van der Waals surface area contributed by atoms with E-state index in [1.165, 1.54) is 0 Å². The Labute approximate surface area is 202 Å². The van der Waals surface area contributed by atoms with E-state index in [9.17, 15) is 19.2 Å². The highest BCUT2D eigenvalue weighted by Crippen LogP contribution is 2.30. The minimum atomic E-state index is -0.484. The summed E-state index contributed by atoms with van der Waals surface area (Å²) >= 11 is 4.98. The Bertz CT molecular complexity index is 1040. The number of ether oxygens (including phenoxy) is 1. The number of rotatable bonds is 9. The van der Waals surface area contributed by atoms with Crippen molar-refractivity contribution in [3.8, 4) is 0 Å². The molecule has 9 nitrogen and oxygen atoms in total. The van der Waals surface area contributed by atoms with Crippen molar-refractivity contribution < 1.29 is 23.9 Å². The van der Waals surface area contributed by atoms with Crippen molar-refractivity contribution >= 4 is 46.7 Å². The molecule has 10 heteroatoms. The lowest BCUT2D eigenvalue weighted by Gasteiger charge is -2.11. The molecule has 0 spiro atoms. The highest BCUT2D eigenvalue weighted by Gasteiger charge is 2.29. The number of hydrogen-bond donors (Lipinski definition) is 4. The number of hydrogen-bond acceptors (Lipinski definition) is 6. The van der Waals surface area contributed by atoms with Gasteiger partial charge in [-0.1, -0.05) is 30.3 Å². The molecule has 1 fully saturated rings. The predicted molar refractivity (Wildman–Crippen MR) is 129 cm³/mol. The average Bonchev–Trinajstić information content (AvgIpc) is 3.68.